The van der Waals surface area contributed by atoms with Gasteiger partial charge in [-0.05, 0) is 55.3 Å². The average Bonchev–Trinajstić information content (AvgIpc) is 2.41. The molecule has 0 bridgehead atoms. The Hall–Kier alpha value is -0.970. The van der Waals surface area contributed by atoms with Gasteiger partial charge in [-0.2, -0.15) is 0 Å². The second kappa shape index (κ2) is 7.16. The van der Waals surface area contributed by atoms with Crippen molar-refractivity contribution in [2.45, 2.75) is 29.2 Å². The Kier molecular flexibility index (Phi) is 5.52. The van der Waals surface area contributed by atoms with E-state index in [1.54, 1.807) is 18.9 Å². The summed E-state index contributed by atoms with van der Waals surface area (Å²) in [7, 11) is 1.69. The minimum atomic E-state index is 0.147. The molecule has 20 heavy (non-hydrogen) atoms. The zero-order chi connectivity index (χ0) is 14.5. The van der Waals surface area contributed by atoms with Gasteiger partial charge in [0.05, 0.1) is 7.11 Å². The molecule has 2 aromatic carbocycles. The van der Waals surface area contributed by atoms with E-state index in [-0.39, 0.29) is 6.04 Å². The van der Waals surface area contributed by atoms with Crippen molar-refractivity contribution in [3.63, 3.8) is 0 Å². The highest BCUT2D eigenvalue weighted by Crippen LogP contribution is 2.34. The van der Waals surface area contributed by atoms with Gasteiger partial charge in [0, 0.05) is 20.3 Å². The quantitative estimate of drug-likeness (QED) is 0.861. The third-order valence-corrected chi connectivity index (χ3v) is 4.43. The van der Waals surface area contributed by atoms with Crippen LogP contribution >= 0.6 is 27.7 Å². The van der Waals surface area contributed by atoms with Crippen LogP contribution in [0.15, 0.2) is 56.7 Å². The summed E-state index contributed by atoms with van der Waals surface area (Å²) in [5, 5.41) is 0. The Balaban J connectivity index is 2.27. The van der Waals surface area contributed by atoms with Crippen molar-refractivity contribution in [3.05, 3.63) is 52.5 Å². The van der Waals surface area contributed by atoms with Gasteiger partial charge in [0.1, 0.15) is 5.75 Å². The highest BCUT2D eigenvalue weighted by atomic mass is 79.9. The van der Waals surface area contributed by atoms with Crippen LogP contribution in [0.5, 0.6) is 5.75 Å². The Labute approximate surface area is 132 Å². The zero-order valence-corrected chi connectivity index (χ0v) is 14.0. The van der Waals surface area contributed by atoms with E-state index in [0.29, 0.717) is 0 Å². The molecule has 1 atom stereocenters. The molecule has 0 amide bonds. The number of halogens is 1. The monoisotopic (exact) mass is 351 g/mol. The van der Waals surface area contributed by atoms with Crippen molar-refractivity contribution >= 4 is 27.7 Å². The van der Waals surface area contributed by atoms with Crippen molar-refractivity contribution in [1.29, 1.82) is 0 Å². The van der Waals surface area contributed by atoms with Crippen LogP contribution in [0.25, 0.3) is 0 Å². The van der Waals surface area contributed by atoms with E-state index in [1.165, 1.54) is 10.5 Å². The van der Waals surface area contributed by atoms with E-state index in [0.717, 1.165) is 21.5 Å². The highest BCUT2D eigenvalue weighted by molar-refractivity contribution is 9.10. The SMILES string of the molecule is COc1cccc(Sc2ccc(Br)cc2CC(C)N)c1. The first-order chi connectivity index (χ1) is 9.58. The summed E-state index contributed by atoms with van der Waals surface area (Å²) >= 11 is 5.26. The first-order valence-corrected chi connectivity index (χ1v) is 8.05. The molecule has 0 heterocycles. The molecule has 4 heteroatoms. The third-order valence-electron chi connectivity index (χ3n) is 2.83. The van der Waals surface area contributed by atoms with Gasteiger partial charge in [-0.3, -0.25) is 0 Å². The fourth-order valence-electron chi connectivity index (χ4n) is 1.95. The van der Waals surface area contributed by atoms with Crippen LogP contribution in [0.2, 0.25) is 0 Å². The predicted molar refractivity (Wildman–Crippen MR) is 88.6 cm³/mol. The van der Waals surface area contributed by atoms with Crippen LogP contribution in [-0.2, 0) is 6.42 Å². The molecule has 0 aliphatic rings. The van der Waals surface area contributed by atoms with Gasteiger partial charge >= 0.3 is 0 Å². The summed E-state index contributed by atoms with van der Waals surface area (Å²) in [6.07, 6.45) is 0.867. The van der Waals surface area contributed by atoms with E-state index in [1.807, 2.05) is 25.1 Å². The summed E-state index contributed by atoms with van der Waals surface area (Å²) < 4.78 is 6.35. The van der Waals surface area contributed by atoms with E-state index >= 15 is 0 Å². The molecule has 0 aromatic heterocycles. The van der Waals surface area contributed by atoms with Crippen molar-refractivity contribution in [3.8, 4) is 5.75 Å². The predicted octanol–water partition coefficient (Wildman–Crippen LogP) is 4.50. The lowest BCUT2D eigenvalue weighted by Gasteiger charge is -2.12. The lowest BCUT2D eigenvalue weighted by atomic mass is 10.1. The van der Waals surface area contributed by atoms with Crippen molar-refractivity contribution in [1.82, 2.24) is 0 Å². The molecule has 2 nitrogen and oxygen atoms in total. The molecule has 0 aliphatic heterocycles. The van der Waals surface area contributed by atoms with Gasteiger partial charge < -0.3 is 10.5 Å². The summed E-state index contributed by atoms with van der Waals surface area (Å²) in [6.45, 7) is 2.03. The van der Waals surface area contributed by atoms with Gasteiger partial charge in [-0.15, -0.1) is 0 Å². The first-order valence-electron chi connectivity index (χ1n) is 6.44. The Morgan fingerprint density at radius 1 is 1.25 bits per heavy atom. The van der Waals surface area contributed by atoms with Crippen molar-refractivity contribution < 1.29 is 4.74 Å². The molecule has 2 rings (SSSR count). The summed E-state index contributed by atoms with van der Waals surface area (Å²) in [5.41, 5.74) is 7.20. The maximum absolute atomic E-state index is 5.94. The second-order valence-corrected chi connectivity index (χ2v) is 6.75. The lowest BCUT2D eigenvalue weighted by Crippen LogP contribution is -2.18. The van der Waals surface area contributed by atoms with Gasteiger partial charge in [0.2, 0.25) is 0 Å². The van der Waals surface area contributed by atoms with Crippen LogP contribution in [0.1, 0.15) is 12.5 Å². The van der Waals surface area contributed by atoms with E-state index in [9.17, 15) is 0 Å². The Morgan fingerprint density at radius 2 is 2.05 bits per heavy atom. The molecule has 0 spiro atoms. The van der Waals surface area contributed by atoms with Crippen molar-refractivity contribution in [2.75, 3.05) is 7.11 Å². The molecule has 0 fully saturated rings. The van der Waals surface area contributed by atoms with Crippen LogP contribution in [0.3, 0.4) is 0 Å². The number of ether oxygens (including phenoxy) is 1. The summed E-state index contributed by atoms with van der Waals surface area (Å²) in [6, 6.07) is 14.6. The summed E-state index contributed by atoms with van der Waals surface area (Å²) in [5.74, 6) is 0.876. The normalized spacial score (nSPS) is 12.2. The van der Waals surface area contributed by atoms with Crippen LogP contribution in [0, 0.1) is 0 Å². The first kappa shape index (κ1) is 15.4. The fraction of sp³-hybridized carbons (Fsp3) is 0.250. The molecule has 0 aliphatic carbocycles. The zero-order valence-electron chi connectivity index (χ0n) is 11.6. The lowest BCUT2D eigenvalue weighted by molar-refractivity contribution is 0.413. The van der Waals surface area contributed by atoms with Gasteiger partial charge in [-0.1, -0.05) is 33.8 Å². The highest BCUT2D eigenvalue weighted by Gasteiger charge is 2.08. The molecule has 1 unspecified atom stereocenters. The summed E-state index contributed by atoms with van der Waals surface area (Å²) in [4.78, 5) is 2.40. The fourth-order valence-corrected chi connectivity index (χ4v) is 3.34. The van der Waals surface area contributed by atoms with Crippen LogP contribution in [-0.4, -0.2) is 13.2 Å². The topological polar surface area (TPSA) is 35.2 Å². The molecule has 0 saturated carbocycles. The Bertz CT molecular complexity index is 586. The minimum absolute atomic E-state index is 0.147. The van der Waals surface area contributed by atoms with E-state index in [2.05, 4.69) is 40.2 Å². The molecule has 2 aromatic rings. The largest absolute Gasteiger partial charge is 0.497 e. The smallest absolute Gasteiger partial charge is 0.119 e. The van der Waals surface area contributed by atoms with E-state index in [4.69, 9.17) is 10.5 Å². The molecular formula is C16H18BrNOS. The maximum atomic E-state index is 5.94. The number of hydrogen-bond donors (Lipinski definition) is 1. The molecule has 2 N–H and O–H groups in total. The van der Waals surface area contributed by atoms with Crippen LogP contribution < -0.4 is 10.5 Å². The van der Waals surface area contributed by atoms with Gasteiger partial charge in [0.15, 0.2) is 0 Å². The van der Waals surface area contributed by atoms with Crippen molar-refractivity contribution in [2.24, 2.45) is 5.73 Å². The third kappa shape index (κ3) is 4.27. The average molecular weight is 352 g/mol. The van der Waals surface area contributed by atoms with Gasteiger partial charge in [-0.25, -0.2) is 0 Å². The number of hydrogen-bond acceptors (Lipinski definition) is 3. The number of nitrogens with two attached hydrogens (primary N) is 1. The standard InChI is InChI=1S/C16H18BrNOS/c1-11(18)8-12-9-13(17)6-7-16(12)20-15-5-3-4-14(10-15)19-2/h3-7,9-11H,8,18H2,1-2H3. The molecular weight excluding hydrogens is 334 g/mol. The van der Waals surface area contributed by atoms with Crippen LogP contribution in [0.4, 0.5) is 0 Å². The molecule has 0 saturated heterocycles. The van der Waals surface area contributed by atoms with E-state index < -0.39 is 0 Å². The number of benzene rings is 2. The van der Waals surface area contributed by atoms with Gasteiger partial charge in [0.25, 0.3) is 0 Å². The Morgan fingerprint density at radius 3 is 2.75 bits per heavy atom. The second-order valence-electron chi connectivity index (χ2n) is 4.71. The molecule has 0 radical (unpaired) electrons. The minimum Gasteiger partial charge on any atom is -0.497 e. The number of methoxy groups -OCH3 is 1. The maximum Gasteiger partial charge on any atom is 0.119 e. The number of rotatable bonds is 5. The molecule has 106 valence electrons.